The zero-order valence-electron chi connectivity index (χ0n) is 12.2. The molecule has 5 heteroatoms. The molecule has 1 aromatic heterocycles. The maximum absolute atomic E-state index is 5.87. The third-order valence-corrected chi connectivity index (χ3v) is 3.45. The van der Waals surface area contributed by atoms with E-state index in [9.17, 15) is 0 Å². The Labute approximate surface area is 123 Å². The summed E-state index contributed by atoms with van der Waals surface area (Å²) in [5, 5.41) is 0. The Morgan fingerprint density at radius 3 is 2.50 bits per heavy atom. The molecule has 0 aliphatic carbocycles. The van der Waals surface area contributed by atoms with Gasteiger partial charge >= 0.3 is 0 Å². The molecule has 0 aliphatic rings. The summed E-state index contributed by atoms with van der Waals surface area (Å²) in [4.78, 5) is 9.78. The molecule has 2 rings (SSSR count). The van der Waals surface area contributed by atoms with Crippen molar-refractivity contribution >= 4 is 17.6 Å². The fraction of sp³-hybridized carbons (Fsp3) is 0.333. The van der Waals surface area contributed by atoms with Crippen LogP contribution in [-0.4, -0.2) is 16.2 Å². The molecule has 0 bridgehead atoms. The lowest BCUT2D eigenvalue weighted by atomic mass is 9.96. The summed E-state index contributed by atoms with van der Waals surface area (Å²) < 4.78 is 5.87. The van der Waals surface area contributed by atoms with Crippen LogP contribution in [0.2, 0.25) is 0 Å². The highest BCUT2D eigenvalue weighted by Crippen LogP contribution is 2.31. The largest absolute Gasteiger partial charge is 0.438 e. The van der Waals surface area contributed by atoms with Crippen molar-refractivity contribution in [2.24, 2.45) is 0 Å². The molecule has 0 spiro atoms. The van der Waals surface area contributed by atoms with E-state index in [-0.39, 0.29) is 5.41 Å². The molecule has 1 aromatic carbocycles. The number of thioether (sulfide) groups is 1. The van der Waals surface area contributed by atoms with Crippen LogP contribution in [0.1, 0.15) is 26.6 Å². The van der Waals surface area contributed by atoms with E-state index >= 15 is 0 Å². The highest BCUT2D eigenvalue weighted by molar-refractivity contribution is 7.98. The van der Waals surface area contributed by atoms with Crippen molar-refractivity contribution < 1.29 is 4.74 Å². The molecule has 0 amide bonds. The van der Waals surface area contributed by atoms with Crippen molar-refractivity contribution in [1.29, 1.82) is 0 Å². The highest BCUT2D eigenvalue weighted by Gasteiger charge is 2.19. The number of hydrogen-bond acceptors (Lipinski definition) is 5. The van der Waals surface area contributed by atoms with Crippen LogP contribution in [0.15, 0.2) is 35.2 Å². The Kier molecular flexibility index (Phi) is 4.18. The predicted octanol–water partition coefficient (Wildman–Crippen LogP) is 3.87. The summed E-state index contributed by atoms with van der Waals surface area (Å²) in [6, 6.07) is 9.49. The molecule has 0 saturated heterocycles. The van der Waals surface area contributed by atoms with Crippen molar-refractivity contribution in [3.05, 3.63) is 36.2 Å². The van der Waals surface area contributed by atoms with Gasteiger partial charge in [0.05, 0.1) is 0 Å². The molecule has 0 unspecified atom stereocenters. The van der Waals surface area contributed by atoms with Crippen molar-refractivity contribution in [1.82, 2.24) is 9.97 Å². The normalized spacial score (nSPS) is 11.4. The van der Waals surface area contributed by atoms with Gasteiger partial charge < -0.3 is 10.5 Å². The van der Waals surface area contributed by atoms with E-state index in [4.69, 9.17) is 10.5 Å². The number of benzene rings is 1. The Morgan fingerprint density at radius 2 is 1.85 bits per heavy atom. The molecule has 0 saturated carbocycles. The number of para-hydroxylation sites is 1. The van der Waals surface area contributed by atoms with Gasteiger partial charge in [-0.05, 0) is 18.4 Å². The smallest absolute Gasteiger partial charge is 0.224 e. The lowest BCUT2D eigenvalue weighted by Crippen LogP contribution is -2.17. The predicted molar refractivity (Wildman–Crippen MR) is 83.4 cm³/mol. The van der Waals surface area contributed by atoms with Gasteiger partial charge in [-0.25, -0.2) is 4.98 Å². The Hall–Kier alpha value is -1.75. The first-order valence-corrected chi connectivity index (χ1v) is 7.58. The van der Waals surface area contributed by atoms with Crippen LogP contribution >= 0.6 is 11.8 Å². The Balaban J connectivity index is 2.36. The first-order valence-electron chi connectivity index (χ1n) is 6.36. The van der Waals surface area contributed by atoms with Crippen molar-refractivity contribution in [2.75, 3.05) is 12.0 Å². The molecule has 0 atom stereocenters. The standard InChI is InChI=1S/C15H19N3OS/c1-15(2,3)14-17-12(16)9-13(18-14)19-10-7-5-6-8-11(10)20-4/h5-9H,1-4H3,(H2,16,17,18). The molecule has 2 N–H and O–H groups in total. The molecule has 1 heterocycles. The number of nitrogens with zero attached hydrogens (tertiary/aromatic N) is 2. The zero-order chi connectivity index (χ0) is 14.8. The van der Waals surface area contributed by atoms with Gasteiger partial charge in [-0.3, -0.25) is 0 Å². The maximum Gasteiger partial charge on any atom is 0.224 e. The SMILES string of the molecule is CSc1ccccc1Oc1cc(N)nc(C(C)(C)C)n1. The fourth-order valence-corrected chi connectivity index (χ4v) is 2.17. The van der Waals surface area contributed by atoms with Crippen molar-refractivity contribution in [2.45, 2.75) is 31.1 Å². The minimum atomic E-state index is -0.174. The first kappa shape index (κ1) is 14.7. The maximum atomic E-state index is 5.87. The van der Waals surface area contributed by atoms with E-state index < -0.39 is 0 Å². The second-order valence-electron chi connectivity index (χ2n) is 5.46. The second kappa shape index (κ2) is 5.71. The summed E-state index contributed by atoms with van der Waals surface area (Å²) >= 11 is 1.63. The topological polar surface area (TPSA) is 61.0 Å². The number of hydrogen-bond donors (Lipinski definition) is 1. The van der Waals surface area contributed by atoms with E-state index in [1.54, 1.807) is 17.8 Å². The number of anilines is 1. The van der Waals surface area contributed by atoms with Gasteiger partial charge in [-0.1, -0.05) is 32.9 Å². The van der Waals surface area contributed by atoms with Gasteiger partial charge in [0.2, 0.25) is 5.88 Å². The Bertz CT molecular complexity index is 608. The van der Waals surface area contributed by atoms with Crippen molar-refractivity contribution in [3.63, 3.8) is 0 Å². The van der Waals surface area contributed by atoms with Gasteiger partial charge in [0.25, 0.3) is 0 Å². The zero-order valence-corrected chi connectivity index (χ0v) is 13.0. The van der Waals surface area contributed by atoms with E-state index in [1.807, 2.05) is 51.3 Å². The molecular weight excluding hydrogens is 270 g/mol. The lowest BCUT2D eigenvalue weighted by Gasteiger charge is -2.18. The highest BCUT2D eigenvalue weighted by atomic mass is 32.2. The van der Waals surface area contributed by atoms with Crippen LogP contribution in [0, 0.1) is 0 Å². The average Bonchev–Trinajstić information content (AvgIpc) is 2.37. The second-order valence-corrected chi connectivity index (χ2v) is 6.31. The third-order valence-electron chi connectivity index (χ3n) is 2.68. The summed E-state index contributed by atoms with van der Waals surface area (Å²) in [6.07, 6.45) is 2.01. The lowest BCUT2D eigenvalue weighted by molar-refractivity contribution is 0.438. The summed E-state index contributed by atoms with van der Waals surface area (Å²) in [5.74, 6) is 2.34. The first-order chi connectivity index (χ1) is 9.40. The molecule has 2 aromatic rings. The minimum Gasteiger partial charge on any atom is -0.438 e. The van der Waals surface area contributed by atoms with Crippen LogP contribution in [0.4, 0.5) is 5.82 Å². The summed E-state index contributed by atoms with van der Waals surface area (Å²) in [6.45, 7) is 6.13. The molecular formula is C15H19N3OS. The quantitative estimate of drug-likeness (QED) is 0.869. The molecule has 0 fully saturated rings. The monoisotopic (exact) mass is 289 g/mol. The van der Waals surface area contributed by atoms with E-state index in [2.05, 4.69) is 9.97 Å². The minimum absolute atomic E-state index is 0.174. The van der Waals surface area contributed by atoms with E-state index in [0.717, 1.165) is 10.6 Å². The fourth-order valence-electron chi connectivity index (χ4n) is 1.65. The summed E-state index contributed by atoms with van der Waals surface area (Å²) in [5.41, 5.74) is 5.67. The summed E-state index contributed by atoms with van der Waals surface area (Å²) in [7, 11) is 0. The van der Waals surface area contributed by atoms with Gasteiger partial charge in [0.15, 0.2) is 0 Å². The van der Waals surface area contributed by atoms with Gasteiger partial charge in [-0.15, -0.1) is 11.8 Å². The van der Waals surface area contributed by atoms with E-state index in [0.29, 0.717) is 17.5 Å². The average molecular weight is 289 g/mol. The molecule has 0 aliphatic heterocycles. The van der Waals surface area contributed by atoms with Gasteiger partial charge in [-0.2, -0.15) is 4.98 Å². The van der Waals surface area contributed by atoms with Gasteiger partial charge in [0, 0.05) is 16.4 Å². The molecule has 4 nitrogen and oxygen atoms in total. The number of rotatable bonds is 3. The van der Waals surface area contributed by atoms with Crippen LogP contribution in [0.5, 0.6) is 11.6 Å². The van der Waals surface area contributed by atoms with Crippen LogP contribution in [0.3, 0.4) is 0 Å². The van der Waals surface area contributed by atoms with Gasteiger partial charge in [0.1, 0.15) is 17.4 Å². The van der Waals surface area contributed by atoms with E-state index in [1.165, 1.54) is 0 Å². The molecule has 0 radical (unpaired) electrons. The number of ether oxygens (including phenoxy) is 1. The van der Waals surface area contributed by atoms with Crippen LogP contribution in [0.25, 0.3) is 0 Å². The number of nitrogen functional groups attached to an aromatic ring is 1. The molecule has 20 heavy (non-hydrogen) atoms. The number of nitrogens with two attached hydrogens (primary N) is 1. The number of aromatic nitrogens is 2. The van der Waals surface area contributed by atoms with Crippen molar-refractivity contribution in [3.8, 4) is 11.6 Å². The van der Waals surface area contributed by atoms with Crippen LogP contribution in [-0.2, 0) is 5.41 Å². The third kappa shape index (κ3) is 3.42. The Morgan fingerprint density at radius 1 is 1.15 bits per heavy atom. The van der Waals surface area contributed by atoms with Crippen LogP contribution < -0.4 is 10.5 Å². The molecule has 106 valence electrons.